The van der Waals surface area contributed by atoms with Crippen molar-refractivity contribution < 1.29 is 82.9 Å². The van der Waals surface area contributed by atoms with Crippen LogP contribution in [0.5, 0.6) is 0 Å². The van der Waals surface area contributed by atoms with E-state index in [1.165, 1.54) is 11.1 Å². The Morgan fingerprint density at radius 2 is 2.23 bits per heavy atom. The molecule has 2 N–H and O–H groups in total. The SMILES string of the molecule is CC(=N)[C@@H]1CC(F)CN1C(=O)CNC(=O)c1ccnc2cc[c-]cc12.[Cs+]. The van der Waals surface area contributed by atoms with Crippen molar-refractivity contribution in [3.63, 3.8) is 0 Å². The van der Waals surface area contributed by atoms with Crippen molar-refractivity contribution in [2.24, 2.45) is 0 Å². The fraction of sp³-hybridized carbons (Fsp3) is 0.333. The fourth-order valence-corrected chi connectivity index (χ4v) is 3.05. The summed E-state index contributed by atoms with van der Waals surface area (Å²) in [4.78, 5) is 30.3. The third-order valence-corrected chi connectivity index (χ3v) is 4.30. The molecular weight excluding hydrogens is 456 g/mol. The topological polar surface area (TPSA) is 86.2 Å². The second-order valence-electron chi connectivity index (χ2n) is 6.06. The van der Waals surface area contributed by atoms with Crippen LogP contribution in [0.1, 0.15) is 23.7 Å². The summed E-state index contributed by atoms with van der Waals surface area (Å²) in [6.07, 6.45) is 0.534. The molecule has 0 bridgehead atoms. The van der Waals surface area contributed by atoms with Crippen LogP contribution in [0.2, 0.25) is 0 Å². The van der Waals surface area contributed by atoms with Crippen molar-refractivity contribution in [1.82, 2.24) is 15.2 Å². The van der Waals surface area contributed by atoms with Gasteiger partial charge in [-0.25, -0.2) is 4.39 Å². The van der Waals surface area contributed by atoms with Gasteiger partial charge in [0.1, 0.15) is 6.17 Å². The van der Waals surface area contributed by atoms with E-state index in [9.17, 15) is 14.0 Å². The number of likely N-dealkylation sites (tertiary alicyclic amines) is 1. The van der Waals surface area contributed by atoms with E-state index in [0.29, 0.717) is 16.5 Å². The Morgan fingerprint density at radius 3 is 2.96 bits per heavy atom. The van der Waals surface area contributed by atoms with Gasteiger partial charge in [0.2, 0.25) is 11.8 Å². The van der Waals surface area contributed by atoms with E-state index < -0.39 is 24.0 Å². The molecule has 1 fully saturated rings. The summed E-state index contributed by atoms with van der Waals surface area (Å²) < 4.78 is 13.6. The van der Waals surface area contributed by atoms with Crippen molar-refractivity contribution in [3.8, 4) is 0 Å². The van der Waals surface area contributed by atoms with Gasteiger partial charge in [0.15, 0.2) is 0 Å². The summed E-state index contributed by atoms with van der Waals surface area (Å²) in [5.41, 5.74) is 1.31. The summed E-state index contributed by atoms with van der Waals surface area (Å²) in [6, 6.07) is 9.08. The molecule has 1 aliphatic rings. The van der Waals surface area contributed by atoms with E-state index >= 15 is 0 Å². The summed E-state index contributed by atoms with van der Waals surface area (Å²) in [6.45, 7) is 1.28. The second-order valence-corrected chi connectivity index (χ2v) is 6.06. The van der Waals surface area contributed by atoms with Gasteiger partial charge in [0.25, 0.3) is 0 Å². The van der Waals surface area contributed by atoms with Crippen LogP contribution in [0.4, 0.5) is 4.39 Å². The van der Waals surface area contributed by atoms with Crippen LogP contribution in [0.25, 0.3) is 10.9 Å². The molecule has 0 aliphatic carbocycles. The van der Waals surface area contributed by atoms with Crippen molar-refractivity contribution in [2.45, 2.75) is 25.6 Å². The molecule has 1 aliphatic heterocycles. The quantitative estimate of drug-likeness (QED) is 0.429. The second kappa shape index (κ2) is 9.43. The van der Waals surface area contributed by atoms with Crippen molar-refractivity contribution in [1.29, 1.82) is 5.41 Å². The van der Waals surface area contributed by atoms with E-state index in [2.05, 4.69) is 16.4 Å². The molecule has 2 amide bonds. The first kappa shape index (κ1) is 21.5. The first-order chi connectivity index (χ1) is 12.0. The number of hydrogen-bond donors (Lipinski definition) is 2. The van der Waals surface area contributed by atoms with Crippen LogP contribution in [-0.4, -0.2) is 52.7 Å². The average molecular weight is 474 g/mol. The zero-order chi connectivity index (χ0) is 18.0. The van der Waals surface area contributed by atoms with Crippen molar-refractivity contribution in [3.05, 3.63) is 42.1 Å². The fourth-order valence-electron chi connectivity index (χ4n) is 3.05. The smallest absolute Gasteiger partial charge is 0.344 e. The minimum atomic E-state index is -1.13. The number of aromatic nitrogens is 1. The zero-order valence-electron chi connectivity index (χ0n) is 14.8. The van der Waals surface area contributed by atoms with E-state index in [-0.39, 0.29) is 94.1 Å². The molecule has 26 heavy (non-hydrogen) atoms. The molecule has 3 rings (SSSR count). The van der Waals surface area contributed by atoms with Gasteiger partial charge in [-0.05, 0) is 24.1 Å². The molecule has 2 heterocycles. The number of hydrogen-bond acceptors (Lipinski definition) is 4. The predicted octanol–water partition coefficient (Wildman–Crippen LogP) is -1.25. The molecule has 8 heteroatoms. The van der Waals surface area contributed by atoms with E-state index in [1.54, 1.807) is 31.2 Å². The number of nitrogens with zero attached hydrogens (tertiary/aromatic N) is 2. The zero-order valence-corrected chi connectivity index (χ0v) is 21.0. The Hall–Kier alpha value is -0.778. The predicted molar refractivity (Wildman–Crippen MR) is 91.3 cm³/mol. The number of amides is 2. The molecule has 1 aromatic carbocycles. The summed E-state index contributed by atoms with van der Waals surface area (Å²) in [5, 5.41) is 10.9. The van der Waals surface area contributed by atoms with Crippen LogP contribution in [0.15, 0.2) is 30.5 Å². The molecule has 0 saturated carbocycles. The third kappa shape index (κ3) is 4.73. The normalized spacial score (nSPS) is 19.1. The van der Waals surface area contributed by atoms with Crippen LogP contribution in [0.3, 0.4) is 0 Å². The van der Waals surface area contributed by atoms with Crippen molar-refractivity contribution >= 4 is 28.4 Å². The maximum Gasteiger partial charge on any atom is 1.00 e. The first-order valence-corrected chi connectivity index (χ1v) is 7.99. The molecule has 2 atom stereocenters. The van der Waals surface area contributed by atoms with E-state index in [4.69, 9.17) is 5.41 Å². The molecule has 1 saturated heterocycles. The van der Waals surface area contributed by atoms with Crippen LogP contribution < -0.4 is 74.2 Å². The first-order valence-electron chi connectivity index (χ1n) is 7.99. The largest absolute Gasteiger partial charge is 1.00 e. The van der Waals surface area contributed by atoms with Crippen LogP contribution in [-0.2, 0) is 4.79 Å². The van der Waals surface area contributed by atoms with Gasteiger partial charge in [-0.15, -0.1) is 6.07 Å². The van der Waals surface area contributed by atoms with Gasteiger partial charge in [-0.3, -0.25) is 14.6 Å². The van der Waals surface area contributed by atoms with Gasteiger partial charge in [-0.2, -0.15) is 18.2 Å². The molecule has 1 unspecified atom stereocenters. The minimum absolute atomic E-state index is 0. The molecule has 2 aromatic rings. The Bertz CT molecular complexity index is 840. The summed E-state index contributed by atoms with van der Waals surface area (Å²) >= 11 is 0. The Morgan fingerprint density at radius 1 is 1.46 bits per heavy atom. The van der Waals surface area contributed by atoms with Gasteiger partial charge in [0, 0.05) is 18.3 Å². The number of pyridine rings is 1. The minimum Gasteiger partial charge on any atom is -0.344 e. The third-order valence-electron chi connectivity index (χ3n) is 4.30. The standard InChI is InChI=1S/C18H18FN4O2.Cs/c1-11(20)16-8-12(19)10-23(16)17(24)9-22-18(25)14-6-7-21-15-5-3-2-4-13(14)15;/h3-7,12,16,20H,8-10H2,1H3,(H,22,25);/q-1;+1/t12?,16-;/m0./s1. The average Bonchev–Trinajstić information content (AvgIpc) is 3.01. The van der Waals surface area contributed by atoms with Crippen LogP contribution in [0, 0.1) is 11.5 Å². The number of halogens is 1. The molecule has 0 radical (unpaired) electrons. The molecule has 6 nitrogen and oxygen atoms in total. The number of rotatable bonds is 4. The maximum atomic E-state index is 13.6. The molecule has 0 spiro atoms. The molecule has 130 valence electrons. The monoisotopic (exact) mass is 474 g/mol. The Kier molecular flexibility index (Phi) is 7.80. The number of fused-ring (bicyclic) bond motifs is 1. The maximum absolute atomic E-state index is 13.6. The Balaban J connectivity index is 0.00000243. The molecular formula is C18H18CsFN4O2. The number of nitrogens with one attached hydrogen (secondary N) is 2. The summed E-state index contributed by atoms with van der Waals surface area (Å²) in [7, 11) is 0. The summed E-state index contributed by atoms with van der Waals surface area (Å²) in [5.74, 6) is -0.797. The Labute approximate surface area is 209 Å². The van der Waals surface area contributed by atoms with Gasteiger partial charge >= 0.3 is 68.9 Å². The van der Waals surface area contributed by atoms with E-state index in [0.717, 1.165) is 0 Å². The van der Waals surface area contributed by atoms with Gasteiger partial charge in [-0.1, -0.05) is 5.39 Å². The van der Waals surface area contributed by atoms with Gasteiger partial charge < -0.3 is 15.6 Å². The number of benzene rings is 1. The number of carbonyl (C=O) groups is 2. The molecule has 1 aromatic heterocycles. The van der Waals surface area contributed by atoms with E-state index in [1.807, 2.05) is 0 Å². The van der Waals surface area contributed by atoms with Crippen LogP contribution >= 0.6 is 0 Å². The van der Waals surface area contributed by atoms with Crippen molar-refractivity contribution in [2.75, 3.05) is 13.1 Å². The van der Waals surface area contributed by atoms with Gasteiger partial charge in [0.05, 0.1) is 19.1 Å². The number of carbonyl (C=O) groups excluding carboxylic acids is 2. The number of alkyl halides is 1.